The number of benzene rings is 5. The summed E-state index contributed by atoms with van der Waals surface area (Å²) in [7, 11) is 7.36. The van der Waals surface area contributed by atoms with Crippen molar-refractivity contribution in [1.82, 2.24) is 15.4 Å². The van der Waals surface area contributed by atoms with Crippen LogP contribution in [0.1, 0.15) is 208 Å². The van der Waals surface area contributed by atoms with E-state index in [2.05, 4.69) is 68.3 Å². The van der Waals surface area contributed by atoms with Crippen molar-refractivity contribution in [3.05, 3.63) is 174 Å². The predicted octanol–water partition coefficient (Wildman–Crippen LogP) is 11.9. The van der Waals surface area contributed by atoms with E-state index < -0.39 is 20.7 Å². The van der Waals surface area contributed by atoms with Crippen molar-refractivity contribution in [2.24, 2.45) is 5.84 Å². The number of aromatic carboxylic acids is 1. The van der Waals surface area contributed by atoms with E-state index in [0.29, 0.717) is 45.6 Å². The molecule has 0 saturated carbocycles. The Bertz CT molecular complexity index is 2680. The number of hydrogen-bond acceptors (Lipinski definition) is 8. The number of aryl methyl sites for hydroxylation is 4. The molecule has 0 saturated heterocycles. The molecule has 3 amide bonds. The third kappa shape index (κ3) is 23.7. The second-order valence-corrected chi connectivity index (χ2v) is 24.0. The third-order valence-electron chi connectivity index (χ3n) is 11.6. The van der Waals surface area contributed by atoms with Gasteiger partial charge in [0.2, 0.25) is 9.23 Å². The van der Waals surface area contributed by atoms with Crippen molar-refractivity contribution in [2.45, 2.75) is 160 Å². The standard InChI is InChI=1S/C24H32N2O2.C13H20N2O.C11H13ClO.C11H14O2.Cl2OS.Na.H2O/c1-15(2)20-10-9-11-21(18(20)5)22(27)25-26(24(6,7)8)23(28)19-13-16(3)12-17(4)14-19;1-9-6-10(2)8-11(7-9)12(16)15(14)13(3,4)5;2*1-7(2)9-5-4-6-10(8(9)3)11(12)13;1-4(2)3;;/h9-15H,1-8H3,(H,25,27);6-8H,14H2,1-5H3;4-7H,1-3H3;4-7H,1-3H3,(H,12,13);;;1H2/q;;;;;+1;/p-1. The SMILES string of the molecule is Cc1c(C(=O)Cl)cccc1C(C)C.Cc1c(C(=O)O)cccc1C(C)C.Cc1cc(C)cc(C(=O)N(N)C(C)(C)C)c1.Cc1cc(C)cc(C(=O)N(NC(=O)c2cccc(C(C)C)c2C)C(C)(C)C)c1.O=S(Cl)Cl.[Na+].[OH-]. The molecule has 0 aliphatic heterocycles. The van der Waals surface area contributed by atoms with Crippen LogP contribution in [0.5, 0.6) is 0 Å². The summed E-state index contributed by atoms with van der Waals surface area (Å²) in [5, 5.41) is 11.2. The van der Waals surface area contributed by atoms with Crippen molar-refractivity contribution in [3.63, 3.8) is 0 Å². The molecule has 412 valence electrons. The fraction of sp³-hybridized carbons (Fsp3) is 0.407. The Morgan fingerprint density at radius 2 is 0.855 bits per heavy atom. The topological polar surface area (TPSA) is 197 Å². The molecule has 76 heavy (non-hydrogen) atoms. The van der Waals surface area contributed by atoms with Crippen molar-refractivity contribution >= 4 is 71.1 Å². The molecule has 17 heteroatoms. The van der Waals surface area contributed by atoms with E-state index in [4.69, 9.17) is 26.8 Å². The number of carbonyl (C=O) groups excluding carboxylic acids is 4. The smallest absolute Gasteiger partial charge is 0.870 e. The van der Waals surface area contributed by atoms with Crippen LogP contribution in [0.2, 0.25) is 0 Å². The Hall–Kier alpha value is -4.41. The first-order valence-electron chi connectivity index (χ1n) is 24.3. The second kappa shape index (κ2) is 33.1. The average molecular weight is 1130 g/mol. The normalized spacial score (nSPS) is 10.7. The molecule has 5 rings (SSSR count). The molecule has 5 N–H and O–H groups in total. The van der Waals surface area contributed by atoms with E-state index in [1.54, 1.807) is 24.3 Å². The van der Waals surface area contributed by atoms with Gasteiger partial charge in [-0.25, -0.2) is 19.9 Å². The number of halogens is 3. The van der Waals surface area contributed by atoms with Gasteiger partial charge in [0.05, 0.1) is 16.6 Å². The van der Waals surface area contributed by atoms with Crippen LogP contribution in [0, 0.1) is 48.5 Å². The number of hydrazine groups is 2. The Kier molecular flexibility index (Phi) is 32.1. The maximum absolute atomic E-state index is 13.2. The summed E-state index contributed by atoms with van der Waals surface area (Å²) >= 11 is 5.45. The summed E-state index contributed by atoms with van der Waals surface area (Å²) in [5.74, 6) is 5.46. The van der Waals surface area contributed by atoms with Gasteiger partial charge in [0.25, 0.3) is 23.0 Å². The van der Waals surface area contributed by atoms with Gasteiger partial charge in [0.1, 0.15) is 0 Å². The van der Waals surface area contributed by atoms with Crippen LogP contribution in [0.25, 0.3) is 0 Å². The fourth-order valence-corrected chi connectivity index (χ4v) is 8.19. The summed E-state index contributed by atoms with van der Waals surface area (Å²) in [5.41, 5.74) is 15.2. The number of carbonyl (C=O) groups is 5. The quantitative estimate of drug-likeness (QED) is 0.0445. The predicted molar refractivity (Wildman–Crippen MR) is 310 cm³/mol. The van der Waals surface area contributed by atoms with Gasteiger partial charge in [-0.05, 0) is 195 Å². The van der Waals surface area contributed by atoms with Gasteiger partial charge >= 0.3 is 35.5 Å². The zero-order chi connectivity index (χ0) is 57.3. The molecule has 12 nitrogen and oxygen atoms in total. The Morgan fingerprint density at radius 3 is 1.16 bits per heavy atom. The molecule has 0 bridgehead atoms. The Morgan fingerprint density at radius 1 is 0.553 bits per heavy atom. The average Bonchev–Trinajstić information content (AvgIpc) is 3.26. The summed E-state index contributed by atoms with van der Waals surface area (Å²) in [6.07, 6.45) is 0. The van der Waals surface area contributed by atoms with Crippen molar-refractivity contribution in [1.29, 1.82) is 0 Å². The van der Waals surface area contributed by atoms with Crippen LogP contribution < -0.4 is 40.8 Å². The number of nitrogens with zero attached hydrogens (tertiary/aromatic N) is 2. The zero-order valence-electron chi connectivity index (χ0n) is 48.3. The first-order valence-corrected chi connectivity index (χ1v) is 27.5. The molecule has 0 aromatic heterocycles. The molecular formula is C59H80Cl3N4NaO8S. The molecule has 5 aromatic carbocycles. The van der Waals surface area contributed by atoms with E-state index in [-0.39, 0.29) is 63.5 Å². The molecule has 0 heterocycles. The molecule has 0 fully saturated rings. The number of carboxylic acids is 1. The van der Waals surface area contributed by atoms with Crippen LogP contribution >= 0.6 is 33.0 Å². The molecule has 0 unspecified atom stereocenters. The van der Waals surface area contributed by atoms with E-state index in [0.717, 1.165) is 50.1 Å². The van der Waals surface area contributed by atoms with E-state index >= 15 is 0 Å². The molecule has 0 aliphatic rings. The van der Waals surface area contributed by atoms with Crippen LogP contribution in [-0.4, -0.2) is 64.8 Å². The number of hydrogen-bond donors (Lipinski definition) is 3. The van der Waals surface area contributed by atoms with Gasteiger partial charge in [-0.1, -0.05) is 112 Å². The van der Waals surface area contributed by atoms with Gasteiger partial charge in [0, 0.05) is 43.6 Å². The maximum Gasteiger partial charge on any atom is 1.00 e. The maximum atomic E-state index is 13.2. The number of rotatable bonds is 8. The summed E-state index contributed by atoms with van der Waals surface area (Å²) < 4.78 is 9.09. The molecule has 5 aromatic rings. The summed E-state index contributed by atoms with van der Waals surface area (Å²) in [6, 6.07) is 28.3. The van der Waals surface area contributed by atoms with E-state index in [9.17, 15) is 24.0 Å². The van der Waals surface area contributed by atoms with Crippen LogP contribution in [0.4, 0.5) is 0 Å². The van der Waals surface area contributed by atoms with Crippen LogP contribution in [-0.2, 0) is 9.23 Å². The van der Waals surface area contributed by atoms with Gasteiger partial charge in [-0.2, -0.15) is 0 Å². The van der Waals surface area contributed by atoms with Gasteiger partial charge in [-0.3, -0.25) is 29.6 Å². The zero-order valence-corrected chi connectivity index (χ0v) is 53.3. The minimum absolute atomic E-state index is 0. The van der Waals surface area contributed by atoms with Crippen molar-refractivity contribution in [3.8, 4) is 0 Å². The van der Waals surface area contributed by atoms with Crippen molar-refractivity contribution in [2.75, 3.05) is 0 Å². The van der Waals surface area contributed by atoms with Gasteiger partial charge < -0.3 is 10.6 Å². The number of carboxylic acid groups (broad SMARTS) is 1. The molecule has 0 spiro atoms. The number of amides is 3. The fourth-order valence-electron chi connectivity index (χ4n) is 7.98. The molecule has 0 aliphatic carbocycles. The summed E-state index contributed by atoms with van der Waals surface area (Å²) in [6.45, 7) is 37.6. The minimum Gasteiger partial charge on any atom is -0.870 e. The Labute approximate surface area is 491 Å². The first-order chi connectivity index (χ1) is 33.9. The Balaban J connectivity index is 0. The second-order valence-electron chi connectivity index (χ2n) is 21.1. The van der Waals surface area contributed by atoms with E-state index in [1.807, 2.05) is 157 Å². The van der Waals surface area contributed by atoms with Crippen molar-refractivity contribution < 1.29 is 68.3 Å². The van der Waals surface area contributed by atoms with Gasteiger partial charge in [-0.15, -0.1) is 0 Å². The first kappa shape index (κ1) is 73.7. The monoisotopic (exact) mass is 1130 g/mol. The summed E-state index contributed by atoms with van der Waals surface area (Å²) in [4.78, 5) is 60.2. The number of nitrogens with one attached hydrogen (secondary N) is 1. The molecule has 0 atom stereocenters. The minimum atomic E-state index is -1.67. The molecular weight excluding hydrogens is 1050 g/mol. The molecule has 0 radical (unpaired) electrons. The third-order valence-corrected chi connectivity index (χ3v) is 11.8. The van der Waals surface area contributed by atoms with Crippen LogP contribution in [0.3, 0.4) is 0 Å². The van der Waals surface area contributed by atoms with Crippen LogP contribution in [0.15, 0.2) is 91.0 Å². The van der Waals surface area contributed by atoms with E-state index in [1.165, 1.54) is 15.6 Å². The number of nitrogens with two attached hydrogens (primary N) is 1. The van der Waals surface area contributed by atoms with Gasteiger partial charge in [0.15, 0.2) is 0 Å². The largest absolute Gasteiger partial charge is 1.00 e.